The molecule has 6 nitrogen and oxygen atoms in total. The Morgan fingerprint density at radius 2 is 1.77 bits per heavy atom. The Labute approximate surface area is 131 Å². The molecule has 2 rings (SSSR count). The second kappa shape index (κ2) is 5.31. The average Bonchev–Trinajstić information content (AvgIpc) is 2.59. The molecule has 1 aliphatic rings. The van der Waals surface area contributed by atoms with Crippen molar-refractivity contribution in [3.05, 3.63) is 39.9 Å². The normalized spacial score (nSPS) is 25.3. The van der Waals surface area contributed by atoms with Crippen LogP contribution in [-0.2, 0) is 10.0 Å². The number of aryl methyl sites for hydroxylation is 1. The summed E-state index contributed by atoms with van der Waals surface area (Å²) in [7, 11) is -3.75. The fourth-order valence-electron chi connectivity index (χ4n) is 3.38. The zero-order valence-electron chi connectivity index (χ0n) is 13.4. The van der Waals surface area contributed by atoms with E-state index in [0.717, 1.165) is 5.56 Å². The van der Waals surface area contributed by atoms with E-state index in [1.54, 1.807) is 31.2 Å². The molecular formula is C15H22N2O4S. The molecule has 1 fully saturated rings. The van der Waals surface area contributed by atoms with Crippen LogP contribution in [0.15, 0.2) is 29.2 Å². The molecule has 1 saturated heterocycles. The third-order valence-electron chi connectivity index (χ3n) is 4.11. The van der Waals surface area contributed by atoms with Gasteiger partial charge in [-0.2, -0.15) is 4.31 Å². The number of benzene rings is 1. The van der Waals surface area contributed by atoms with Gasteiger partial charge >= 0.3 is 0 Å². The highest BCUT2D eigenvalue weighted by molar-refractivity contribution is 7.89. The van der Waals surface area contributed by atoms with Gasteiger partial charge in [0, 0.05) is 11.5 Å². The maximum absolute atomic E-state index is 12.9. The SMILES string of the molecule is Cc1ccc(S(=O)(=O)N2CC(C)(C)CC2(C)C[N+](=O)[O-])cc1. The van der Waals surface area contributed by atoms with Gasteiger partial charge in [0.1, 0.15) is 0 Å². The third kappa shape index (κ3) is 3.15. The van der Waals surface area contributed by atoms with Crippen LogP contribution in [0.4, 0.5) is 0 Å². The molecule has 1 heterocycles. The first-order chi connectivity index (χ1) is 9.96. The second-order valence-corrected chi connectivity index (χ2v) is 9.02. The lowest BCUT2D eigenvalue weighted by Crippen LogP contribution is -2.49. The van der Waals surface area contributed by atoms with Crippen molar-refractivity contribution in [1.82, 2.24) is 4.31 Å². The van der Waals surface area contributed by atoms with Crippen LogP contribution in [0.1, 0.15) is 32.8 Å². The molecule has 1 aromatic rings. The van der Waals surface area contributed by atoms with Crippen LogP contribution in [0, 0.1) is 22.5 Å². The lowest BCUT2D eigenvalue weighted by atomic mass is 9.85. The molecule has 0 amide bonds. The minimum Gasteiger partial charge on any atom is -0.264 e. The van der Waals surface area contributed by atoms with Gasteiger partial charge in [0.15, 0.2) is 0 Å². The quantitative estimate of drug-likeness (QED) is 0.629. The molecule has 0 N–H and O–H groups in total. The molecule has 1 aliphatic heterocycles. The third-order valence-corrected chi connectivity index (χ3v) is 6.13. The summed E-state index contributed by atoms with van der Waals surface area (Å²) in [6, 6.07) is 6.59. The Hall–Kier alpha value is -1.47. The van der Waals surface area contributed by atoms with Gasteiger partial charge in [-0.15, -0.1) is 0 Å². The molecule has 0 radical (unpaired) electrons. The molecule has 1 unspecified atom stereocenters. The molecule has 122 valence electrons. The van der Waals surface area contributed by atoms with Gasteiger partial charge in [-0.25, -0.2) is 8.42 Å². The summed E-state index contributed by atoms with van der Waals surface area (Å²) in [4.78, 5) is 10.8. The Bertz CT molecular complexity index is 682. The van der Waals surface area contributed by atoms with Gasteiger partial charge in [0.25, 0.3) is 0 Å². The van der Waals surface area contributed by atoms with Gasteiger partial charge in [0.05, 0.1) is 10.4 Å². The summed E-state index contributed by atoms with van der Waals surface area (Å²) in [6.07, 6.45) is 0.464. The Morgan fingerprint density at radius 1 is 1.23 bits per heavy atom. The topological polar surface area (TPSA) is 80.5 Å². The number of sulfonamides is 1. The first kappa shape index (κ1) is 16.9. The van der Waals surface area contributed by atoms with Crippen LogP contribution in [0.2, 0.25) is 0 Å². The van der Waals surface area contributed by atoms with E-state index in [9.17, 15) is 18.5 Å². The highest BCUT2D eigenvalue weighted by atomic mass is 32.2. The second-order valence-electron chi connectivity index (χ2n) is 7.15. The lowest BCUT2D eigenvalue weighted by molar-refractivity contribution is -0.492. The lowest BCUT2D eigenvalue weighted by Gasteiger charge is -2.30. The van der Waals surface area contributed by atoms with Crippen molar-refractivity contribution >= 4 is 10.0 Å². The molecule has 1 aromatic carbocycles. The Morgan fingerprint density at radius 3 is 2.27 bits per heavy atom. The summed E-state index contributed by atoms with van der Waals surface area (Å²) in [6.45, 7) is 7.32. The zero-order chi connectivity index (χ0) is 16.8. The maximum Gasteiger partial charge on any atom is 0.243 e. The predicted molar refractivity (Wildman–Crippen MR) is 83.7 cm³/mol. The smallest absolute Gasteiger partial charge is 0.243 e. The van der Waals surface area contributed by atoms with E-state index in [0.29, 0.717) is 6.42 Å². The number of nitro groups is 1. The highest BCUT2D eigenvalue weighted by Crippen LogP contribution is 2.44. The van der Waals surface area contributed by atoms with Crippen molar-refractivity contribution in [2.75, 3.05) is 13.1 Å². The first-order valence-electron chi connectivity index (χ1n) is 7.18. The molecule has 7 heteroatoms. The standard InChI is InChI=1S/C15H22N2O4S/c1-12-5-7-13(8-6-12)22(20,21)16-10-14(2,3)9-15(16,4)11-17(18)19/h5-8H,9-11H2,1-4H3. The molecule has 22 heavy (non-hydrogen) atoms. The number of hydrogen-bond acceptors (Lipinski definition) is 4. The van der Waals surface area contributed by atoms with Crippen LogP contribution in [0.3, 0.4) is 0 Å². The van der Waals surface area contributed by atoms with E-state index >= 15 is 0 Å². The number of rotatable bonds is 4. The van der Waals surface area contributed by atoms with Gasteiger partial charge in [-0.3, -0.25) is 10.1 Å². The van der Waals surface area contributed by atoms with Crippen molar-refractivity contribution in [3.8, 4) is 0 Å². The summed E-state index contributed by atoms with van der Waals surface area (Å²) in [5, 5.41) is 11.0. The zero-order valence-corrected chi connectivity index (χ0v) is 14.2. The van der Waals surface area contributed by atoms with Gasteiger partial charge in [-0.1, -0.05) is 31.5 Å². The fourth-order valence-corrected chi connectivity index (χ4v) is 5.34. The van der Waals surface area contributed by atoms with Crippen molar-refractivity contribution in [1.29, 1.82) is 0 Å². The minimum atomic E-state index is -3.75. The predicted octanol–water partition coefficient (Wildman–Crippen LogP) is 2.45. The molecule has 1 atom stereocenters. The van der Waals surface area contributed by atoms with Crippen LogP contribution in [-0.4, -0.2) is 36.3 Å². The van der Waals surface area contributed by atoms with Gasteiger partial charge < -0.3 is 0 Å². The maximum atomic E-state index is 12.9. The van der Waals surface area contributed by atoms with Crippen LogP contribution in [0.25, 0.3) is 0 Å². The van der Waals surface area contributed by atoms with E-state index in [2.05, 4.69) is 0 Å². The molecule has 0 aromatic heterocycles. The monoisotopic (exact) mass is 326 g/mol. The van der Waals surface area contributed by atoms with Crippen LogP contribution >= 0.6 is 0 Å². The summed E-state index contributed by atoms with van der Waals surface area (Å²) in [5.41, 5.74) is -0.326. The molecular weight excluding hydrogens is 304 g/mol. The van der Waals surface area contributed by atoms with Crippen LogP contribution in [0.5, 0.6) is 0 Å². The average molecular weight is 326 g/mol. The largest absolute Gasteiger partial charge is 0.264 e. The Balaban J connectivity index is 2.47. The van der Waals surface area contributed by atoms with Crippen LogP contribution < -0.4 is 0 Å². The molecule has 0 saturated carbocycles. The highest BCUT2D eigenvalue weighted by Gasteiger charge is 2.54. The molecule has 0 aliphatic carbocycles. The summed E-state index contributed by atoms with van der Waals surface area (Å²) >= 11 is 0. The van der Waals surface area contributed by atoms with E-state index in [1.807, 2.05) is 20.8 Å². The van der Waals surface area contributed by atoms with Crippen molar-refractivity contribution < 1.29 is 13.3 Å². The summed E-state index contributed by atoms with van der Waals surface area (Å²) in [5.74, 6) is 0. The van der Waals surface area contributed by atoms with Gasteiger partial charge in [0.2, 0.25) is 16.6 Å². The van der Waals surface area contributed by atoms with E-state index < -0.39 is 20.5 Å². The van der Waals surface area contributed by atoms with Gasteiger partial charge in [-0.05, 0) is 37.8 Å². The van der Waals surface area contributed by atoms with E-state index in [-0.39, 0.29) is 23.4 Å². The minimum absolute atomic E-state index is 0.186. The Kier molecular flexibility index (Phi) is 4.08. The first-order valence-corrected chi connectivity index (χ1v) is 8.62. The molecule has 0 bridgehead atoms. The van der Waals surface area contributed by atoms with E-state index in [4.69, 9.17) is 0 Å². The number of hydrogen-bond donors (Lipinski definition) is 0. The summed E-state index contributed by atoms with van der Waals surface area (Å²) < 4.78 is 27.2. The fraction of sp³-hybridized carbons (Fsp3) is 0.600. The van der Waals surface area contributed by atoms with E-state index in [1.165, 1.54) is 4.31 Å². The molecule has 0 spiro atoms. The van der Waals surface area contributed by atoms with Crippen molar-refractivity contribution in [3.63, 3.8) is 0 Å². The van der Waals surface area contributed by atoms with Crippen molar-refractivity contribution in [2.24, 2.45) is 5.41 Å². The van der Waals surface area contributed by atoms with Crippen molar-refractivity contribution in [2.45, 2.75) is 44.6 Å². The number of nitrogens with zero attached hydrogens (tertiary/aromatic N) is 2.